The molecule has 0 aliphatic heterocycles. The Bertz CT molecular complexity index is 647. The molecule has 0 saturated heterocycles. The van der Waals surface area contributed by atoms with Crippen LogP contribution in [0, 0.1) is 18.3 Å². The first-order valence-electron chi connectivity index (χ1n) is 5.78. The molecule has 0 radical (unpaired) electrons. The summed E-state index contributed by atoms with van der Waals surface area (Å²) in [6, 6.07) is 13.5. The number of rotatable bonds is 3. The van der Waals surface area contributed by atoms with Crippen LogP contribution in [0.5, 0.6) is 0 Å². The molecule has 0 aliphatic carbocycles. The summed E-state index contributed by atoms with van der Waals surface area (Å²) in [5.74, 6) is 0. The van der Waals surface area contributed by atoms with Gasteiger partial charge in [0.05, 0.1) is 22.3 Å². The molecule has 0 saturated carbocycles. The van der Waals surface area contributed by atoms with Gasteiger partial charge in [0, 0.05) is 11.0 Å². The van der Waals surface area contributed by atoms with Crippen molar-refractivity contribution in [3.63, 3.8) is 0 Å². The van der Waals surface area contributed by atoms with E-state index in [9.17, 15) is 0 Å². The maximum atomic E-state index is 8.78. The summed E-state index contributed by atoms with van der Waals surface area (Å²) in [6.45, 7) is 2.75. The largest absolute Gasteiger partial charge is 0.380 e. The van der Waals surface area contributed by atoms with Crippen molar-refractivity contribution in [3.8, 4) is 6.07 Å². The summed E-state index contributed by atoms with van der Waals surface area (Å²) in [7, 11) is 0. The number of nitrogens with zero attached hydrogens (tertiary/aromatic N) is 1. The van der Waals surface area contributed by atoms with Crippen LogP contribution < -0.4 is 5.32 Å². The number of hydrogen-bond acceptors (Lipinski definition) is 2. The third kappa shape index (κ3) is 3.50. The first kappa shape index (κ1) is 13.9. The maximum absolute atomic E-state index is 8.78. The third-order valence-corrected chi connectivity index (χ3v) is 4.01. The highest BCUT2D eigenvalue weighted by Crippen LogP contribution is 2.24. The highest BCUT2D eigenvalue weighted by molar-refractivity contribution is 9.10. The standard InChI is InChI=1S/C15H12BrClN2/c1-10-6-12(2-4-13(10)16)9-19-15-5-3-11(8-18)7-14(15)17/h2-7,19H,9H2,1H3. The van der Waals surface area contributed by atoms with Gasteiger partial charge in [-0.2, -0.15) is 5.26 Å². The summed E-state index contributed by atoms with van der Waals surface area (Å²) in [5, 5.41) is 12.6. The normalized spacial score (nSPS) is 10.0. The summed E-state index contributed by atoms with van der Waals surface area (Å²) < 4.78 is 1.10. The van der Waals surface area contributed by atoms with E-state index in [1.54, 1.807) is 12.1 Å². The highest BCUT2D eigenvalue weighted by Gasteiger charge is 2.02. The SMILES string of the molecule is Cc1cc(CNc2ccc(C#N)cc2Cl)ccc1Br. The van der Waals surface area contributed by atoms with E-state index < -0.39 is 0 Å². The molecule has 0 fully saturated rings. The van der Waals surface area contributed by atoms with Crippen LogP contribution in [0.15, 0.2) is 40.9 Å². The summed E-state index contributed by atoms with van der Waals surface area (Å²) in [6.07, 6.45) is 0. The molecular formula is C15H12BrClN2. The second kappa shape index (κ2) is 6.10. The molecule has 0 aromatic heterocycles. The van der Waals surface area contributed by atoms with E-state index in [2.05, 4.69) is 46.4 Å². The van der Waals surface area contributed by atoms with Crippen molar-refractivity contribution >= 4 is 33.2 Å². The van der Waals surface area contributed by atoms with Crippen molar-refractivity contribution in [1.29, 1.82) is 5.26 Å². The van der Waals surface area contributed by atoms with E-state index in [-0.39, 0.29) is 0 Å². The minimum atomic E-state index is 0.563. The summed E-state index contributed by atoms with van der Waals surface area (Å²) in [5.41, 5.74) is 3.78. The Morgan fingerprint density at radius 2 is 2.05 bits per heavy atom. The molecule has 0 amide bonds. The first-order chi connectivity index (χ1) is 9.10. The summed E-state index contributed by atoms with van der Waals surface area (Å²) >= 11 is 9.59. The predicted molar refractivity (Wildman–Crippen MR) is 82.4 cm³/mol. The van der Waals surface area contributed by atoms with Gasteiger partial charge in [-0.25, -0.2) is 0 Å². The van der Waals surface area contributed by atoms with Crippen molar-refractivity contribution in [2.45, 2.75) is 13.5 Å². The van der Waals surface area contributed by atoms with Gasteiger partial charge in [-0.1, -0.05) is 39.7 Å². The average Bonchev–Trinajstić information content (AvgIpc) is 2.41. The molecule has 0 heterocycles. The van der Waals surface area contributed by atoms with Gasteiger partial charge in [-0.05, 0) is 42.3 Å². The first-order valence-corrected chi connectivity index (χ1v) is 6.96. The Labute approximate surface area is 126 Å². The molecule has 2 rings (SSSR count). The van der Waals surface area contributed by atoms with Gasteiger partial charge < -0.3 is 5.32 Å². The molecule has 0 aliphatic rings. The monoisotopic (exact) mass is 334 g/mol. The van der Waals surface area contributed by atoms with Gasteiger partial charge in [-0.3, -0.25) is 0 Å². The Morgan fingerprint density at radius 3 is 2.68 bits per heavy atom. The van der Waals surface area contributed by atoms with Crippen LogP contribution in [0.25, 0.3) is 0 Å². The fourth-order valence-electron chi connectivity index (χ4n) is 1.74. The molecule has 2 nitrogen and oxygen atoms in total. The molecule has 1 N–H and O–H groups in total. The van der Waals surface area contributed by atoms with Crippen molar-refractivity contribution in [2.75, 3.05) is 5.32 Å². The quantitative estimate of drug-likeness (QED) is 0.866. The number of nitriles is 1. The van der Waals surface area contributed by atoms with Crippen molar-refractivity contribution < 1.29 is 0 Å². The number of anilines is 1. The van der Waals surface area contributed by atoms with Crippen LogP contribution in [0.4, 0.5) is 5.69 Å². The fraction of sp³-hybridized carbons (Fsp3) is 0.133. The maximum Gasteiger partial charge on any atom is 0.0992 e. The Morgan fingerprint density at radius 1 is 1.26 bits per heavy atom. The Hall–Kier alpha value is -1.50. The predicted octanol–water partition coefficient (Wildman–Crippen LogP) is 4.89. The number of nitrogens with one attached hydrogen (secondary N) is 1. The van der Waals surface area contributed by atoms with E-state index in [0.717, 1.165) is 10.2 Å². The molecule has 0 unspecified atom stereocenters. The topological polar surface area (TPSA) is 35.8 Å². The minimum Gasteiger partial charge on any atom is -0.380 e. The zero-order valence-corrected chi connectivity index (χ0v) is 12.7. The van der Waals surface area contributed by atoms with E-state index in [1.807, 2.05) is 12.1 Å². The smallest absolute Gasteiger partial charge is 0.0992 e. The molecule has 4 heteroatoms. The lowest BCUT2D eigenvalue weighted by Crippen LogP contribution is -2.00. The Kier molecular flexibility index (Phi) is 4.47. The molecule has 96 valence electrons. The second-order valence-electron chi connectivity index (χ2n) is 4.24. The van der Waals surface area contributed by atoms with Crippen LogP contribution in [-0.4, -0.2) is 0 Å². The zero-order chi connectivity index (χ0) is 13.8. The summed E-state index contributed by atoms with van der Waals surface area (Å²) in [4.78, 5) is 0. The third-order valence-electron chi connectivity index (χ3n) is 2.80. The van der Waals surface area contributed by atoms with Gasteiger partial charge in [0.25, 0.3) is 0 Å². The number of hydrogen-bond donors (Lipinski definition) is 1. The number of benzene rings is 2. The number of aryl methyl sites for hydroxylation is 1. The molecule has 19 heavy (non-hydrogen) atoms. The lowest BCUT2D eigenvalue weighted by Gasteiger charge is -2.09. The van der Waals surface area contributed by atoms with Crippen LogP contribution in [-0.2, 0) is 6.54 Å². The number of halogens is 2. The fourth-order valence-corrected chi connectivity index (χ4v) is 2.24. The lowest BCUT2D eigenvalue weighted by atomic mass is 10.1. The van der Waals surface area contributed by atoms with Crippen LogP contribution >= 0.6 is 27.5 Å². The van der Waals surface area contributed by atoms with E-state index >= 15 is 0 Å². The average molecular weight is 336 g/mol. The van der Waals surface area contributed by atoms with Gasteiger partial charge in [0.2, 0.25) is 0 Å². The van der Waals surface area contributed by atoms with Gasteiger partial charge in [0.1, 0.15) is 0 Å². The van der Waals surface area contributed by atoms with Gasteiger partial charge in [0.15, 0.2) is 0 Å². The van der Waals surface area contributed by atoms with Crippen molar-refractivity contribution in [3.05, 3.63) is 62.6 Å². The molecule has 2 aromatic carbocycles. The molecule has 2 aromatic rings. The van der Waals surface area contributed by atoms with Crippen LogP contribution in [0.1, 0.15) is 16.7 Å². The molecule has 0 spiro atoms. The highest BCUT2D eigenvalue weighted by atomic mass is 79.9. The van der Waals surface area contributed by atoms with E-state index in [1.165, 1.54) is 11.1 Å². The molecule has 0 atom stereocenters. The second-order valence-corrected chi connectivity index (χ2v) is 5.51. The van der Waals surface area contributed by atoms with E-state index in [4.69, 9.17) is 16.9 Å². The Balaban J connectivity index is 2.10. The van der Waals surface area contributed by atoms with Crippen LogP contribution in [0.3, 0.4) is 0 Å². The van der Waals surface area contributed by atoms with E-state index in [0.29, 0.717) is 17.1 Å². The van der Waals surface area contributed by atoms with Gasteiger partial charge >= 0.3 is 0 Å². The van der Waals surface area contributed by atoms with Crippen molar-refractivity contribution in [1.82, 2.24) is 0 Å². The molecule has 0 bridgehead atoms. The van der Waals surface area contributed by atoms with Crippen LogP contribution in [0.2, 0.25) is 5.02 Å². The van der Waals surface area contributed by atoms with Crippen molar-refractivity contribution in [2.24, 2.45) is 0 Å². The molecular weight excluding hydrogens is 324 g/mol. The minimum absolute atomic E-state index is 0.563. The zero-order valence-electron chi connectivity index (χ0n) is 10.4. The lowest BCUT2D eigenvalue weighted by molar-refractivity contribution is 1.14. The van der Waals surface area contributed by atoms with Gasteiger partial charge in [-0.15, -0.1) is 0 Å².